The van der Waals surface area contributed by atoms with Crippen molar-refractivity contribution in [2.45, 2.75) is 58.8 Å². The summed E-state index contributed by atoms with van der Waals surface area (Å²) in [6.45, 7) is 4.24. The minimum Gasteiger partial charge on any atom is -0.310 e. The van der Waals surface area contributed by atoms with Gasteiger partial charge in [0.2, 0.25) is 5.91 Å². The number of anilines is 1. The van der Waals surface area contributed by atoms with Gasteiger partial charge in [0.15, 0.2) is 0 Å². The fraction of sp³-hybridized carbons (Fsp3) is 0.391. The standard InChI is InChI=1S/C23H28ClN3O/c1-3-4-5-6-7-8-12-21(28)26-23-22(18-10-9-11-19(24)16-18)25-20-15-17(2)13-14-27(20)23/h9-11,13-16H,3-8,12H2,1-2H3,(H,26,28). The van der Waals surface area contributed by atoms with E-state index in [2.05, 4.69) is 12.2 Å². The molecule has 2 heterocycles. The molecule has 3 aromatic rings. The van der Waals surface area contributed by atoms with Gasteiger partial charge in [-0.1, -0.05) is 62.8 Å². The van der Waals surface area contributed by atoms with E-state index < -0.39 is 0 Å². The van der Waals surface area contributed by atoms with Crippen molar-refractivity contribution < 1.29 is 4.79 Å². The van der Waals surface area contributed by atoms with Gasteiger partial charge >= 0.3 is 0 Å². The van der Waals surface area contributed by atoms with Gasteiger partial charge in [-0.05, 0) is 43.2 Å². The predicted octanol–water partition coefficient (Wildman–Crippen LogP) is 6.65. The molecule has 0 unspecified atom stereocenters. The zero-order valence-corrected chi connectivity index (χ0v) is 17.4. The first-order chi connectivity index (χ1) is 13.6. The smallest absolute Gasteiger partial charge is 0.225 e. The van der Waals surface area contributed by atoms with E-state index in [0.717, 1.165) is 35.3 Å². The summed E-state index contributed by atoms with van der Waals surface area (Å²) in [6, 6.07) is 11.6. The maximum absolute atomic E-state index is 12.6. The molecule has 0 atom stereocenters. The molecule has 0 aliphatic rings. The van der Waals surface area contributed by atoms with Crippen LogP contribution in [0.3, 0.4) is 0 Å². The van der Waals surface area contributed by atoms with Gasteiger partial charge < -0.3 is 5.32 Å². The van der Waals surface area contributed by atoms with Crippen LogP contribution in [0.4, 0.5) is 5.82 Å². The molecule has 28 heavy (non-hydrogen) atoms. The van der Waals surface area contributed by atoms with Gasteiger partial charge in [0.25, 0.3) is 0 Å². The number of halogens is 1. The van der Waals surface area contributed by atoms with Crippen LogP contribution in [0.2, 0.25) is 5.02 Å². The maximum Gasteiger partial charge on any atom is 0.225 e. The third-order valence-electron chi connectivity index (χ3n) is 4.89. The number of imidazole rings is 1. The van der Waals surface area contributed by atoms with Crippen molar-refractivity contribution in [3.63, 3.8) is 0 Å². The number of rotatable bonds is 9. The summed E-state index contributed by atoms with van der Waals surface area (Å²) in [4.78, 5) is 17.3. The molecule has 0 saturated carbocycles. The Bertz CT molecular complexity index is 948. The topological polar surface area (TPSA) is 46.4 Å². The lowest BCUT2D eigenvalue weighted by atomic mass is 10.1. The van der Waals surface area contributed by atoms with Crippen molar-refractivity contribution in [2.24, 2.45) is 0 Å². The number of carbonyl (C=O) groups excluding carboxylic acids is 1. The highest BCUT2D eigenvalue weighted by atomic mass is 35.5. The van der Waals surface area contributed by atoms with Crippen LogP contribution < -0.4 is 5.32 Å². The van der Waals surface area contributed by atoms with Gasteiger partial charge in [-0.25, -0.2) is 4.98 Å². The quantitative estimate of drug-likeness (QED) is 0.410. The molecule has 3 rings (SSSR count). The van der Waals surface area contributed by atoms with Crippen molar-refractivity contribution in [3.8, 4) is 11.3 Å². The summed E-state index contributed by atoms with van der Waals surface area (Å²) in [5.41, 5.74) is 3.57. The van der Waals surface area contributed by atoms with Crippen molar-refractivity contribution in [1.82, 2.24) is 9.38 Å². The van der Waals surface area contributed by atoms with E-state index in [0.29, 0.717) is 17.3 Å². The van der Waals surface area contributed by atoms with Gasteiger partial charge in [-0.2, -0.15) is 0 Å². The Balaban J connectivity index is 1.79. The normalized spacial score (nSPS) is 11.1. The Morgan fingerprint density at radius 1 is 1.11 bits per heavy atom. The number of amides is 1. The lowest BCUT2D eigenvalue weighted by molar-refractivity contribution is -0.116. The van der Waals surface area contributed by atoms with Crippen molar-refractivity contribution in [1.29, 1.82) is 0 Å². The number of pyridine rings is 1. The highest BCUT2D eigenvalue weighted by Gasteiger charge is 2.16. The molecular formula is C23H28ClN3O. The van der Waals surface area contributed by atoms with Crippen molar-refractivity contribution in [2.75, 3.05) is 5.32 Å². The molecule has 2 aromatic heterocycles. The van der Waals surface area contributed by atoms with Crippen LogP contribution >= 0.6 is 11.6 Å². The SMILES string of the molecule is CCCCCCCCC(=O)Nc1c(-c2cccc(Cl)c2)nc2cc(C)ccn12. The Morgan fingerprint density at radius 3 is 2.68 bits per heavy atom. The number of benzene rings is 1. The number of carbonyl (C=O) groups is 1. The van der Waals surface area contributed by atoms with E-state index >= 15 is 0 Å². The van der Waals surface area contributed by atoms with E-state index in [4.69, 9.17) is 16.6 Å². The molecule has 1 aromatic carbocycles. The first kappa shape index (κ1) is 20.4. The van der Waals surface area contributed by atoms with E-state index in [9.17, 15) is 4.79 Å². The first-order valence-electron chi connectivity index (χ1n) is 10.1. The van der Waals surface area contributed by atoms with Crippen LogP contribution in [-0.4, -0.2) is 15.3 Å². The van der Waals surface area contributed by atoms with Gasteiger partial charge in [0.1, 0.15) is 17.2 Å². The summed E-state index contributed by atoms with van der Waals surface area (Å²) < 4.78 is 1.93. The van der Waals surface area contributed by atoms with Crippen LogP contribution in [0.1, 0.15) is 57.4 Å². The number of fused-ring (bicyclic) bond motifs is 1. The van der Waals surface area contributed by atoms with Crippen LogP contribution in [0.5, 0.6) is 0 Å². The minimum atomic E-state index is 0.0288. The molecule has 0 radical (unpaired) electrons. The second-order valence-electron chi connectivity index (χ2n) is 7.32. The van der Waals surface area contributed by atoms with Crippen LogP contribution in [0, 0.1) is 6.92 Å². The number of hydrogen-bond donors (Lipinski definition) is 1. The first-order valence-corrected chi connectivity index (χ1v) is 10.5. The Labute approximate surface area is 171 Å². The van der Waals surface area contributed by atoms with Crippen LogP contribution in [0.25, 0.3) is 16.9 Å². The average Bonchev–Trinajstić information content (AvgIpc) is 3.02. The lowest BCUT2D eigenvalue weighted by Crippen LogP contribution is -2.13. The molecule has 0 saturated heterocycles. The molecule has 4 nitrogen and oxygen atoms in total. The zero-order chi connectivity index (χ0) is 19.9. The molecular weight excluding hydrogens is 370 g/mol. The molecule has 0 aliphatic heterocycles. The summed E-state index contributed by atoms with van der Waals surface area (Å²) in [6.07, 6.45) is 9.45. The van der Waals surface area contributed by atoms with E-state index in [1.807, 2.05) is 53.9 Å². The Hall–Kier alpha value is -2.33. The summed E-state index contributed by atoms with van der Waals surface area (Å²) in [5.74, 6) is 0.731. The average molecular weight is 398 g/mol. The fourth-order valence-corrected chi connectivity index (χ4v) is 3.55. The molecule has 0 aliphatic carbocycles. The molecule has 0 spiro atoms. The maximum atomic E-state index is 12.6. The van der Waals surface area contributed by atoms with Gasteiger partial charge in [-0.3, -0.25) is 9.20 Å². The Kier molecular flexibility index (Phi) is 7.10. The largest absolute Gasteiger partial charge is 0.310 e. The zero-order valence-electron chi connectivity index (χ0n) is 16.7. The second kappa shape index (κ2) is 9.74. The number of nitrogens with zero attached hydrogens (tertiary/aromatic N) is 2. The minimum absolute atomic E-state index is 0.0288. The van der Waals surface area contributed by atoms with E-state index in [1.54, 1.807) is 0 Å². The van der Waals surface area contributed by atoms with Crippen LogP contribution in [0.15, 0.2) is 42.6 Å². The van der Waals surface area contributed by atoms with Crippen molar-refractivity contribution in [3.05, 3.63) is 53.2 Å². The molecule has 5 heteroatoms. The molecule has 1 amide bonds. The number of nitrogens with one attached hydrogen (secondary N) is 1. The number of unbranched alkanes of at least 4 members (excludes halogenated alkanes) is 5. The van der Waals surface area contributed by atoms with Gasteiger partial charge in [-0.15, -0.1) is 0 Å². The number of aryl methyl sites for hydroxylation is 1. The fourth-order valence-electron chi connectivity index (χ4n) is 3.36. The molecule has 0 bridgehead atoms. The van der Waals surface area contributed by atoms with Crippen LogP contribution in [-0.2, 0) is 4.79 Å². The highest BCUT2D eigenvalue weighted by Crippen LogP contribution is 2.30. The molecule has 1 N–H and O–H groups in total. The summed E-state index contributed by atoms with van der Waals surface area (Å²) in [5, 5.41) is 3.74. The highest BCUT2D eigenvalue weighted by molar-refractivity contribution is 6.30. The molecule has 148 valence electrons. The summed E-state index contributed by atoms with van der Waals surface area (Å²) >= 11 is 6.18. The van der Waals surface area contributed by atoms with Gasteiger partial charge in [0.05, 0.1) is 0 Å². The monoisotopic (exact) mass is 397 g/mol. The van der Waals surface area contributed by atoms with E-state index in [1.165, 1.54) is 25.7 Å². The number of aromatic nitrogens is 2. The Morgan fingerprint density at radius 2 is 1.89 bits per heavy atom. The van der Waals surface area contributed by atoms with E-state index in [-0.39, 0.29) is 5.91 Å². The van der Waals surface area contributed by atoms with Crippen molar-refractivity contribution >= 4 is 29.0 Å². The summed E-state index contributed by atoms with van der Waals surface area (Å²) in [7, 11) is 0. The lowest BCUT2D eigenvalue weighted by Gasteiger charge is -2.08. The van der Waals surface area contributed by atoms with Gasteiger partial charge in [0, 0.05) is 23.2 Å². The third-order valence-corrected chi connectivity index (χ3v) is 5.13. The third kappa shape index (κ3) is 5.14. The number of hydrogen-bond acceptors (Lipinski definition) is 2. The molecule has 0 fully saturated rings. The predicted molar refractivity (Wildman–Crippen MR) is 117 cm³/mol. The second-order valence-corrected chi connectivity index (χ2v) is 7.75.